The molecule has 0 spiro atoms. The maximum atomic E-state index is 5.50. The number of pyridine rings is 1. The lowest BCUT2D eigenvalue weighted by Gasteiger charge is -2.23. The number of hydrogen-bond acceptors (Lipinski definition) is 7. The van der Waals surface area contributed by atoms with Gasteiger partial charge in [0.15, 0.2) is 0 Å². The molecule has 33 heavy (non-hydrogen) atoms. The number of nitrogens with two attached hydrogens (primary N) is 1. The van der Waals surface area contributed by atoms with E-state index in [0.29, 0.717) is 23.9 Å². The molecular formula is C24H27N9. The minimum absolute atomic E-state index is 0.321. The predicted molar refractivity (Wildman–Crippen MR) is 130 cm³/mol. The number of nitrogens with zero attached hydrogens (tertiary/aromatic N) is 6. The lowest BCUT2D eigenvalue weighted by atomic mass is 9.95. The van der Waals surface area contributed by atoms with Crippen LogP contribution in [0.1, 0.15) is 49.1 Å². The van der Waals surface area contributed by atoms with E-state index in [1.165, 1.54) is 24.8 Å². The SMILES string of the molecule is CN=NC(=NN)c1cnc2c(c1)[nH]c1nc(Cc3ccccc3)nc(NC3CCCCC3)c12. The Morgan fingerprint density at radius 1 is 1.15 bits per heavy atom. The summed E-state index contributed by atoms with van der Waals surface area (Å²) in [6, 6.07) is 12.6. The van der Waals surface area contributed by atoms with E-state index in [0.717, 1.165) is 46.6 Å². The summed E-state index contributed by atoms with van der Waals surface area (Å²) in [7, 11) is 1.58. The number of H-pyrrole nitrogens is 1. The van der Waals surface area contributed by atoms with E-state index in [4.69, 9.17) is 20.8 Å². The second-order valence-electron chi connectivity index (χ2n) is 8.35. The van der Waals surface area contributed by atoms with Gasteiger partial charge in [0.2, 0.25) is 5.84 Å². The Morgan fingerprint density at radius 3 is 2.73 bits per heavy atom. The Hall–Kier alpha value is -3.88. The van der Waals surface area contributed by atoms with Crippen molar-refractivity contribution >= 4 is 33.7 Å². The van der Waals surface area contributed by atoms with E-state index in [2.05, 4.69) is 37.8 Å². The van der Waals surface area contributed by atoms with Gasteiger partial charge in [-0.2, -0.15) is 10.2 Å². The summed E-state index contributed by atoms with van der Waals surface area (Å²) in [4.78, 5) is 17.9. The summed E-state index contributed by atoms with van der Waals surface area (Å²) in [5, 5.41) is 16.1. The van der Waals surface area contributed by atoms with Crippen LogP contribution in [0.3, 0.4) is 0 Å². The molecule has 9 heteroatoms. The fourth-order valence-electron chi connectivity index (χ4n) is 4.49. The molecule has 1 fully saturated rings. The molecule has 168 valence electrons. The zero-order chi connectivity index (χ0) is 22.6. The summed E-state index contributed by atoms with van der Waals surface area (Å²) >= 11 is 0. The first-order valence-electron chi connectivity index (χ1n) is 11.3. The van der Waals surface area contributed by atoms with Crippen molar-refractivity contribution < 1.29 is 0 Å². The molecule has 9 nitrogen and oxygen atoms in total. The van der Waals surface area contributed by atoms with Crippen molar-refractivity contribution in [3.05, 3.63) is 59.5 Å². The molecule has 5 rings (SSSR count). The van der Waals surface area contributed by atoms with Gasteiger partial charge < -0.3 is 16.1 Å². The van der Waals surface area contributed by atoms with Crippen LogP contribution in [0.5, 0.6) is 0 Å². The van der Waals surface area contributed by atoms with Crippen molar-refractivity contribution in [1.29, 1.82) is 0 Å². The van der Waals surface area contributed by atoms with E-state index >= 15 is 0 Å². The van der Waals surface area contributed by atoms with Crippen molar-refractivity contribution in [3.63, 3.8) is 0 Å². The Morgan fingerprint density at radius 2 is 1.97 bits per heavy atom. The first-order chi connectivity index (χ1) is 16.2. The van der Waals surface area contributed by atoms with Crippen LogP contribution in [0, 0.1) is 0 Å². The second-order valence-corrected chi connectivity index (χ2v) is 8.35. The minimum Gasteiger partial charge on any atom is -0.367 e. The Kier molecular flexibility index (Phi) is 5.93. The number of anilines is 1. The van der Waals surface area contributed by atoms with Crippen molar-refractivity contribution in [1.82, 2.24) is 19.9 Å². The molecule has 1 aliphatic rings. The standard InChI is InChI=1S/C24H27N9/c1-26-33-22(32-25)16-13-18-21(27-14-16)20-23(28-17-10-6-3-7-11-17)30-19(31-24(20)29-18)12-15-8-4-2-5-9-15/h2,4-5,8-9,13-14,17H,3,6-7,10-12,25H2,1H3,(H2,28,29,30,31). The number of fused-ring (bicyclic) bond motifs is 3. The van der Waals surface area contributed by atoms with E-state index in [9.17, 15) is 0 Å². The van der Waals surface area contributed by atoms with Gasteiger partial charge in [0.05, 0.1) is 10.9 Å². The third-order valence-electron chi connectivity index (χ3n) is 6.06. The highest BCUT2D eigenvalue weighted by molar-refractivity contribution is 6.11. The van der Waals surface area contributed by atoms with Crippen LogP contribution in [0.25, 0.3) is 22.1 Å². The van der Waals surface area contributed by atoms with Crippen LogP contribution in [-0.4, -0.2) is 38.9 Å². The van der Waals surface area contributed by atoms with E-state index < -0.39 is 0 Å². The second kappa shape index (κ2) is 9.32. The van der Waals surface area contributed by atoms with Gasteiger partial charge in [-0.1, -0.05) is 49.6 Å². The fraction of sp³-hybridized carbons (Fsp3) is 0.333. The number of rotatable bonds is 5. The molecule has 1 aromatic carbocycles. The quantitative estimate of drug-likeness (QED) is 0.138. The molecule has 4 N–H and O–H groups in total. The lowest BCUT2D eigenvalue weighted by molar-refractivity contribution is 0.462. The van der Waals surface area contributed by atoms with Gasteiger partial charge in [0.1, 0.15) is 22.8 Å². The first kappa shape index (κ1) is 21.0. The van der Waals surface area contributed by atoms with Crippen molar-refractivity contribution in [2.75, 3.05) is 12.4 Å². The first-order valence-corrected chi connectivity index (χ1v) is 11.3. The van der Waals surface area contributed by atoms with Crippen LogP contribution >= 0.6 is 0 Å². The van der Waals surface area contributed by atoms with Crippen molar-refractivity contribution in [2.45, 2.75) is 44.6 Å². The molecule has 0 unspecified atom stereocenters. The molecule has 0 amide bonds. The third-order valence-corrected chi connectivity index (χ3v) is 6.06. The molecule has 0 radical (unpaired) electrons. The van der Waals surface area contributed by atoms with Crippen LogP contribution in [0.4, 0.5) is 5.82 Å². The molecule has 3 heterocycles. The Bertz CT molecular complexity index is 1320. The van der Waals surface area contributed by atoms with Crippen LogP contribution in [-0.2, 0) is 6.42 Å². The minimum atomic E-state index is 0.321. The van der Waals surface area contributed by atoms with Crippen LogP contribution in [0.15, 0.2) is 57.9 Å². The number of amidine groups is 1. The van der Waals surface area contributed by atoms with Gasteiger partial charge >= 0.3 is 0 Å². The van der Waals surface area contributed by atoms with E-state index in [-0.39, 0.29) is 0 Å². The molecule has 3 aromatic heterocycles. The predicted octanol–water partition coefficient (Wildman–Crippen LogP) is 4.54. The summed E-state index contributed by atoms with van der Waals surface area (Å²) in [6.07, 6.45) is 8.45. The van der Waals surface area contributed by atoms with Crippen LogP contribution < -0.4 is 11.2 Å². The fourth-order valence-corrected chi connectivity index (χ4v) is 4.49. The molecule has 0 saturated heterocycles. The van der Waals surface area contributed by atoms with E-state index in [1.807, 2.05) is 24.3 Å². The lowest BCUT2D eigenvalue weighted by Crippen LogP contribution is -2.23. The highest BCUT2D eigenvalue weighted by atomic mass is 15.2. The molecular weight excluding hydrogens is 414 g/mol. The van der Waals surface area contributed by atoms with Gasteiger partial charge in [0, 0.05) is 31.3 Å². The number of azo groups is 1. The number of aromatic nitrogens is 4. The van der Waals surface area contributed by atoms with Crippen molar-refractivity contribution in [2.24, 2.45) is 21.2 Å². The molecule has 4 aromatic rings. The number of hydrazone groups is 1. The molecule has 0 aliphatic heterocycles. The highest BCUT2D eigenvalue weighted by Crippen LogP contribution is 2.31. The molecule has 1 aliphatic carbocycles. The maximum Gasteiger partial charge on any atom is 0.201 e. The molecule has 0 atom stereocenters. The summed E-state index contributed by atoms with van der Waals surface area (Å²) in [5.74, 6) is 7.42. The Balaban J connectivity index is 1.62. The van der Waals surface area contributed by atoms with Gasteiger partial charge in [-0.25, -0.2) is 9.97 Å². The number of benzene rings is 1. The highest BCUT2D eigenvalue weighted by Gasteiger charge is 2.20. The molecule has 1 saturated carbocycles. The summed E-state index contributed by atoms with van der Waals surface area (Å²) < 4.78 is 0. The van der Waals surface area contributed by atoms with Crippen LogP contribution in [0.2, 0.25) is 0 Å². The average Bonchev–Trinajstić information content (AvgIpc) is 3.21. The maximum absolute atomic E-state index is 5.50. The number of aromatic amines is 1. The topological polar surface area (TPSA) is 130 Å². The van der Waals surface area contributed by atoms with Gasteiger partial charge in [-0.3, -0.25) is 4.98 Å². The normalized spacial score (nSPS) is 15.6. The monoisotopic (exact) mass is 441 g/mol. The van der Waals surface area contributed by atoms with Gasteiger partial charge in [0.25, 0.3) is 0 Å². The zero-order valence-electron chi connectivity index (χ0n) is 18.6. The smallest absolute Gasteiger partial charge is 0.201 e. The number of hydrogen-bond donors (Lipinski definition) is 3. The molecule has 0 bridgehead atoms. The largest absolute Gasteiger partial charge is 0.367 e. The Labute approximate surface area is 191 Å². The van der Waals surface area contributed by atoms with E-state index in [1.54, 1.807) is 13.2 Å². The zero-order valence-corrected chi connectivity index (χ0v) is 18.6. The number of nitrogens with one attached hydrogen (secondary N) is 2. The summed E-state index contributed by atoms with van der Waals surface area (Å²) in [6.45, 7) is 0. The van der Waals surface area contributed by atoms with Gasteiger partial charge in [-0.05, 0) is 24.5 Å². The third kappa shape index (κ3) is 4.39. The average molecular weight is 442 g/mol. The van der Waals surface area contributed by atoms with Crippen molar-refractivity contribution in [3.8, 4) is 0 Å². The van der Waals surface area contributed by atoms with Gasteiger partial charge in [-0.15, -0.1) is 5.11 Å². The summed E-state index contributed by atoms with van der Waals surface area (Å²) in [5.41, 5.74) is 4.25.